The summed E-state index contributed by atoms with van der Waals surface area (Å²) in [5, 5.41) is -0.112. The van der Waals surface area contributed by atoms with E-state index in [1.807, 2.05) is 0 Å². The zero-order chi connectivity index (χ0) is 7.78. The van der Waals surface area contributed by atoms with Crippen LogP contribution in [0.25, 0.3) is 0 Å². The Balaban J connectivity index is 3.32. The van der Waals surface area contributed by atoms with E-state index in [0.29, 0.717) is 3.79 Å². The molecule has 10 heavy (non-hydrogen) atoms. The molecule has 1 aromatic heterocycles. The largest absolute Gasteiger partial charge is 0.280 e. The fraction of sp³-hybridized carbons (Fsp3) is 0. The van der Waals surface area contributed by atoms with Gasteiger partial charge in [-0.15, -0.1) is 11.3 Å². The molecule has 0 aliphatic carbocycles. The molecule has 0 aromatic carbocycles. The Morgan fingerprint density at radius 2 is 2.30 bits per heavy atom. The number of hydrogen-bond donors (Lipinski definition) is 0. The van der Waals surface area contributed by atoms with Gasteiger partial charge in [-0.3, -0.25) is 0 Å². The molecular weight excluding hydrogens is 262 g/mol. The van der Waals surface area contributed by atoms with Crippen molar-refractivity contribution in [3.63, 3.8) is 0 Å². The Labute approximate surface area is 74.6 Å². The quantitative estimate of drug-likeness (QED) is 0.726. The molecule has 0 N–H and O–H groups in total. The highest BCUT2D eigenvalue weighted by atomic mass is 79.9. The molecular formula is C3HBrClNO2S2. The van der Waals surface area contributed by atoms with Gasteiger partial charge in [0.2, 0.25) is 0 Å². The second-order valence-corrected chi connectivity index (χ2v) is 6.02. The molecule has 0 radical (unpaired) electrons. The highest BCUT2D eigenvalue weighted by Gasteiger charge is 2.16. The molecule has 0 aliphatic rings. The zero-order valence-corrected chi connectivity index (χ0v) is 8.39. The van der Waals surface area contributed by atoms with Crippen LogP contribution in [-0.2, 0) is 9.05 Å². The maximum absolute atomic E-state index is 10.6. The van der Waals surface area contributed by atoms with Gasteiger partial charge in [-0.2, -0.15) is 0 Å². The van der Waals surface area contributed by atoms with Crippen molar-refractivity contribution in [1.82, 2.24) is 4.98 Å². The van der Waals surface area contributed by atoms with E-state index in [1.165, 1.54) is 16.8 Å². The van der Waals surface area contributed by atoms with Crippen molar-refractivity contribution in [1.29, 1.82) is 0 Å². The summed E-state index contributed by atoms with van der Waals surface area (Å²) in [5.41, 5.74) is 1.40. The Morgan fingerprint density at radius 1 is 1.70 bits per heavy atom. The van der Waals surface area contributed by atoms with Crippen molar-refractivity contribution in [3.8, 4) is 0 Å². The summed E-state index contributed by atoms with van der Waals surface area (Å²) in [5.74, 6) is 0. The van der Waals surface area contributed by atoms with Gasteiger partial charge in [-0.25, -0.2) is 13.4 Å². The van der Waals surface area contributed by atoms with Gasteiger partial charge in [-0.05, 0) is 15.9 Å². The van der Waals surface area contributed by atoms with Gasteiger partial charge in [0.25, 0.3) is 9.05 Å². The van der Waals surface area contributed by atoms with Crippen LogP contribution in [0.15, 0.2) is 14.3 Å². The predicted molar refractivity (Wildman–Crippen MR) is 42.9 cm³/mol. The SMILES string of the molecule is O=S(=O)(Cl)c1ncsc1Br. The lowest BCUT2D eigenvalue weighted by molar-refractivity contribution is 0.606. The molecule has 0 atom stereocenters. The van der Waals surface area contributed by atoms with Crippen LogP contribution in [0.1, 0.15) is 0 Å². The van der Waals surface area contributed by atoms with E-state index in [2.05, 4.69) is 20.9 Å². The fourth-order valence-electron chi connectivity index (χ4n) is 0.380. The van der Waals surface area contributed by atoms with E-state index in [1.54, 1.807) is 0 Å². The third-order valence-electron chi connectivity index (χ3n) is 0.725. The van der Waals surface area contributed by atoms with Crippen molar-refractivity contribution in [2.45, 2.75) is 5.03 Å². The van der Waals surface area contributed by atoms with E-state index in [0.717, 1.165) is 0 Å². The zero-order valence-electron chi connectivity index (χ0n) is 4.41. The van der Waals surface area contributed by atoms with Gasteiger partial charge in [-0.1, -0.05) is 0 Å². The molecule has 0 unspecified atom stereocenters. The molecule has 0 spiro atoms. The van der Waals surface area contributed by atoms with Crippen molar-refractivity contribution in [3.05, 3.63) is 9.30 Å². The Morgan fingerprint density at radius 3 is 2.50 bits per heavy atom. The van der Waals surface area contributed by atoms with E-state index in [9.17, 15) is 8.42 Å². The van der Waals surface area contributed by atoms with Crippen molar-refractivity contribution >= 4 is 47.0 Å². The molecule has 0 amide bonds. The minimum atomic E-state index is -3.67. The van der Waals surface area contributed by atoms with Crippen LogP contribution in [0.3, 0.4) is 0 Å². The molecule has 0 saturated heterocycles. The molecule has 1 rings (SSSR count). The van der Waals surface area contributed by atoms with Gasteiger partial charge in [0.15, 0.2) is 5.03 Å². The Kier molecular flexibility index (Phi) is 2.34. The average molecular weight is 263 g/mol. The van der Waals surface area contributed by atoms with E-state index >= 15 is 0 Å². The number of thiazole rings is 1. The van der Waals surface area contributed by atoms with Gasteiger partial charge >= 0.3 is 0 Å². The minimum absolute atomic E-state index is 0.112. The van der Waals surface area contributed by atoms with E-state index in [-0.39, 0.29) is 5.03 Å². The third-order valence-corrected chi connectivity index (χ3v) is 3.87. The summed E-state index contributed by atoms with van der Waals surface area (Å²) in [6.07, 6.45) is 0. The first kappa shape index (κ1) is 8.45. The molecule has 0 aliphatic heterocycles. The van der Waals surface area contributed by atoms with E-state index in [4.69, 9.17) is 10.7 Å². The first-order valence-corrected chi connectivity index (χ1v) is 6.03. The van der Waals surface area contributed by atoms with E-state index < -0.39 is 9.05 Å². The van der Waals surface area contributed by atoms with Crippen LogP contribution in [0, 0.1) is 0 Å². The minimum Gasteiger partial charge on any atom is -0.231 e. The predicted octanol–water partition coefficient (Wildman–Crippen LogP) is 1.83. The number of halogens is 2. The first-order chi connectivity index (χ1) is 4.52. The molecule has 1 heterocycles. The second kappa shape index (κ2) is 2.77. The highest BCUT2D eigenvalue weighted by molar-refractivity contribution is 9.11. The average Bonchev–Trinajstić information content (AvgIpc) is 2.11. The summed E-state index contributed by atoms with van der Waals surface area (Å²) < 4.78 is 21.6. The summed E-state index contributed by atoms with van der Waals surface area (Å²) in [6, 6.07) is 0. The lowest BCUT2D eigenvalue weighted by Gasteiger charge is -1.86. The topological polar surface area (TPSA) is 47.0 Å². The number of hydrogen-bond acceptors (Lipinski definition) is 4. The third kappa shape index (κ3) is 1.69. The Bertz CT molecular complexity index is 332. The standard InChI is InChI=1S/C3HBrClNO2S2/c4-2-3(6-1-9-2)10(5,7)8/h1H. The number of aromatic nitrogens is 1. The lowest BCUT2D eigenvalue weighted by atomic mass is 11.0. The van der Waals surface area contributed by atoms with Crippen molar-refractivity contribution in [2.75, 3.05) is 0 Å². The maximum Gasteiger partial charge on any atom is 0.280 e. The molecule has 0 saturated carbocycles. The van der Waals surface area contributed by atoms with Crippen LogP contribution in [-0.4, -0.2) is 13.4 Å². The summed E-state index contributed by atoms with van der Waals surface area (Å²) >= 11 is 4.17. The molecule has 56 valence electrons. The van der Waals surface area contributed by atoms with Crippen molar-refractivity contribution in [2.24, 2.45) is 0 Å². The maximum atomic E-state index is 10.6. The number of nitrogens with zero attached hydrogens (tertiary/aromatic N) is 1. The summed E-state index contributed by atoms with van der Waals surface area (Å²) in [6.45, 7) is 0. The monoisotopic (exact) mass is 261 g/mol. The van der Waals surface area contributed by atoms with Crippen LogP contribution >= 0.6 is 37.9 Å². The van der Waals surface area contributed by atoms with Gasteiger partial charge < -0.3 is 0 Å². The smallest absolute Gasteiger partial charge is 0.231 e. The van der Waals surface area contributed by atoms with Crippen LogP contribution in [0.5, 0.6) is 0 Å². The van der Waals surface area contributed by atoms with Gasteiger partial charge in [0.05, 0.1) is 5.51 Å². The first-order valence-electron chi connectivity index (χ1n) is 2.05. The normalized spacial score (nSPS) is 11.8. The molecule has 0 fully saturated rings. The lowest BCUT2D eigenvalue weighted by Crippen LogP contribution is -1.90. The highest BCUT2D eigenvalue weighted by Crippen LogP contribution is 2.26. The summed E-state index contributed by atoms with van der Waals surface area (Å²) in [7, 11) is 1.33. The Hall–Kier alpha value is 0.350. The van der Waals surface area contributed by atoms with Crippen LogP contribution < -0.4 is 0 Å². The van der Waals surface area contributed by atoms with Crippen LogP contribution in [0.4, 0.5) is 0 Å². The van der Waals surface area contributed by atoms with Crippen molar-refractivity contribution < 1.29 is 8.42 Å². The van der Waals surface area contributed by atoms with Crippen LogP contribution in [0.2, 0.25) is 0 Å². The number of rotatable bonds is 1. The van der Waals surface area contributed by atoms with Gasteiger partial charge in [0, 0.05) is 10.7 Å². The fourth-order valence-corrected chi connectivity index (χ4v) is 3.46. The summed E-state index contributed by atoms with van der Waals surface area (Å²) in [4.78, 5) is 3.54. The van der Waals surface area contributed by atoms with Gasteiger partial charge in [0.1, 0.15) is 3.79 Å². The molecule has 3 nitrogen and oxygen atoms in total. The second-order valence-electron chi connectivity index (χ2n) is 1.37. The molecule has 7 heteroatoms. The molecule has 0 bridgehead atoms. The molecule has 1 aromatic rings.